The molecule has 3 saturated heterocycles. The van der Waals surface area contributed by atoms with Crippen LogP contribution < -0.4 is 5.32 Å². The van der Waals surface area contributed by atoms with Gasteiger partial charge in [-0.1, -0.05) is 19.1 Å². The topological polar surface area (TPSA) is 32.3 Å². The van der Waals surface area contributed by atoms with Crippen molar-refractivity contribution in [2.75, 3.05) is 6.54 Å². The first-order valence-corrected chi connectivity index (χ1v) is 9.39. The average Bonchev–Trinajstić information content (AvgIpc) is 3.10. The number of likely N-dealkylation sites (tertiary alicyclic amines) is 1. The molecular weight excluding hydrogens is 339 g/mol. The Balaban J connectivity index is 0.00000182. The lowest BCUT2D eigenvalue weighted by molar-refractivity contribution is -0.133. The molecule has 4 unspecified atom stereocenters. The van der Waals surface area contributed by atoms with Crippen molar-refractivity contribution >= 4 is 18.3 Å². The number of hydrogen-bond donors (Lipinski definition) is 1. The summed E-state index contributed by atoms with van der Waals surface area (Å²) < 4.78 is 13.6. The third-order valence-corrected chi connectivity index (χ3v) is 6.10. The quantitative estimate of drug-likeness (QED) is 0.874. The molecule has 0 spiro atoms. The summed E-state index contributed by atoms with van der Waals surface area (Å²) in [6.07, 6.45) is 6.40. The molecule has 3 aliphatic rings. The largest absolute Gasteiger partial charge is 0.335 e. The summed E-state index contributed by atoms with van der Waals surface area (Å²) in [5.74, 6) is 1.04. The average molecular weight is 367 g/mol. The number of hydrogen-bond acceptors (Lipinski definition) is 2. The number of nitrogens with zero attached hydrogens (tertiary/aromatic N) is 1. The summed E-state index contributed by atoms with van der Waals surface area (Å²) in [7, 11) is 0. The standard InChI is InChI=1S/C20H27FN2O.ClH/c1-13-7-19(15-3-2-4-16(21)11-15)23(12-13)20(24)10-14-8-17-5-6-18(9-14)22-17;/h2-4,11,13-14,17-19,22H,5-10,12H2,1H3;1H. The molecule has 3 nitrogen and oxygen atoms in total. The number of fused-ring (bicyclic) bond motifs is 2. The first-order valence-electron chi connectivity index (χ1n) is 9.39. The summed E-state index contributed by atoms with van der Waals surface area (Å²) in [5.41, 5.74) is 0.943. The number of amides is 1. The number of carbonyl (C=O) groups is 1. The van der Waals surface area contributed by atoms with Crippen LogP contribution in [0.1, 0.15) is 57.1 Å². The minimum Gasteiger partial charge on any atom is -0.335 e. The Labute approximate surface area is 155 Å². The second-order valence-electron chi connectivity index (χ2n) is 8.14. The number of carbonyl (C=O) groups excluding carboxylic acids is 1. The van der Waals surface area contributed by atoms with Gasteiger partial charge >= 0.3 is 0 Å². The molecule has 25 heavy (non-hydrogen) atoms. The van der Waals surface area contributed by atoms with E-state index < -0.39 is 0 Å². The van der Waals surface area contributed by atoms with Crippen molar-refractivity contribution in [2.45, 2.75) is 63.6 Å². The first-order chi connectivity index (χ1) is 11.6. The molecule has 3 heterocycles. The van der Waals surface area contributed by atoms with Crippen molar-refractivity contribution in [1.82, 2.24) is 10.2 Å². The van der Waals surface area contributed by atoms with Gasteiger partial charge in [-0.25, -0.2) is 4.39 Å². The number of halogens is 2. The van der Waals surface area contributed by atoms with E-state index >= 15 is 0 Å². The fourth-order valence-corrected chi connectivity index (χ4v) is 5.06. The molecule has 2 bridgehead atoms. The van der Waals surface area contributed by atoms with E-state index in [0.29, 0.717) is 30.3 Å². The van der Waals surface area contributed by atoms with E-state index in [0.717, 1.165) is 31.4 Å². The predicted molar refractivity (Wildman–Crippen MR) is 99.2 cm³/mol. The summed E-state index contributed by atoms with van der Waals surface area (Å²) in [6, 6.07) is 8.06. The fourth-order valence-electron chi connectivity index (χ4n) is 5.06. The van der Waals surface area contributed by atoms with E-state index in [1.807, 2.05) is 11.0 Å². The number of nitrogens with one attached hydrogen (secondary N) is 1. The van der Waals surface area contributed by atoms with Gasteiger partial charge in [0.2, 0.25) is 5.91 Å². The van der Waals surface area contributed by atoms with E-state index in [4.69, 9.17) is 0 Å². The maximum Gasteiger partial charge on any atom is 0.223 e. The Morgan fingerprint density at radius 3 is 2.64 bits per heavy atom. The SMILES string of the molecule is CC1CC(c2cccc(F)c2)N(C(=O)CC2CC3CCC(C2)N3)C1.Cl. The molecule has 0 radical (unpaired) electrons. The molecule has 0 aromatic heterocycles. The Morgan fingerprint density at radius 2 is 1.96 bits per heavy atom. The molecule has 138 valence electrons. The van der Waals surface area contributed by atoms with Crippen LogP contribution in [0.3, 0.4) is 0 Å². The smallest absolute Gasteiger partial charge is 0.223 e. The molecule has 1 aromatic rings. The van der Waals surface area contributed by atoms with Crippen LogP contribution in [0.25, 0.3) is 0 Å². The van der Waals surface area contributed by atoms with Gasteiger partial charge in [0.15, 0.2) is 0 Å². The maximum absolute atomic E-state index is 13.6. The molecule has 0 aliphatic carbocycles. The Hall–Kier alpha value is -1.13. The van der Waals surface area contributed by atoms with E-state index in [1.165, 1.54) is 18.9 Å². The van der Waals surface area contributed by atoms with Crippen molar-refractivity contribution < 1.29 is 9.18 Å². The second-order valence-corrected chi connectivity index (χ2v) is 8.14. The van der Waals surface area contributed by atoms with Crippen LogP contribution >= 0.6 is 12.4 Å². The highest BCUT2D eigenvalue weighted by molar-refractivity contribution is 5.85. The van der Waals surface area contributed by atoms with Crippen LogP contribution in [0.15, 0.2) is 24.3 Å². The molecule has 1 aromatic carbocycles. The Morgan fingerprint density at radius 1 is 1.24 bits per heavy atom. The zero-order valence-electron chi connectivity index (χ0n) is 14.8. The van der Waals surface area contributed by atoms with Gasteiger partial charge in [0.05, 0.1) is 6.04 Å². The van der Waals surface area contributed by atoms with Crippen LogP contribution in [-0.4, -0.2) is 29.4 Å². The molecule has 0 saturated carbocycles. The number of benzene rings is 1. The van der Waals surface area contributed by atoms with E-state index in [-0.39, 0.29) is 30.2 Å². The van der Waals surface area contributed by atoms with E-state index in [9.17, 15) is 9.18 Å². The lowest BCUT2D eigenvalue weighted by atomic mass is 9.89. The summed E-state index contributed by atoms with van der Waals surface area (Å²) >= 11 is 0. The van der Waals surface area contributed by atoms with Gasteiger partial charge < -0.3 is 10.2 Å². The van der Waals surface area contributed by atoms with E-state index in [2.05, 4.69) is 12.2 Å². The first kappa shape index (κ1) is 18.7. The van der Waals surface area contributed by atoms with Crippen molar-refractivity contribution in [3.8, 4) is 0 Å². The third-order valence-electron chi connectivity index (χ3n) is 6.10. The molecular formula is C20H28ClFN2O. The third kappa shape index (κ3) is 4.01. The van der Waals surface area contributed by atoms with Crippen molar-refractivity contribution in [3.05, 3.63) is 35.6 Å². The maximum atomic E-state index is 13.6. The zero-order chi connectivity index (χ0) is 16.7. The molecule has 4 atom stereocenters. The highest BCUT2D eigenvalue weighted by Crippen LogP contribution is 2.38. The monoisotopic (exact) mass is 366 g/mol. The van der Waals surface area contributed by atoms with Crippen LogP contribution in [-0.2, 0) is 4.79 Å². The van der Waals surface area contributed by atoms with Gasteiger partial charge in [-0.15, -0.1) is 12.4 Å². The second kappa shape index (κ2) is 7.63. The Kier molecular flexibility index (Phi) is 5.69. The van der Waals surface area contributed by atoms with Gasteiger partial charge in [-0.05, 0) is 61.6 Å². The highest BCUT2D eigenvalue weighted by atomic mass is 35.5. The molecule has 3 fully saturated rings. The van der Waals surface area contributed by atoms with Crippen LogP contribution in [0.5, 0.6) is 0 Å². The molecule has 5 heteroatoms. The summed E-state index contributed by atoms with van der Waals surface area (Å²) in [5, 5.41) is 3.64. The van der Waals surface area contributed by atoms with Crippen molar-refractivity contribution in [3.63, 3.8) is 0 Å². The van der Waals surface area contributed by atoms with Crippen molar-refractivity contribution in [1.29, 1.82) is 0 Å². The summed E-state index contributed by atoms with van der Waals surface area (Å²) in [4.78, 5) is 15.0. The van der Waals surface area contributed by atoms with Crippen molar-refractivity contribution in [2.24, 2.45) is 11.8 Å². The summed E-state index contributed by atoms with van der Waals surface area (Å²) in [6.45, 7) is 2.99. The normalized spacial score (nSPS) is 34.0. The fraction of sp³-hybridized carbons (Fsp3) is 0.650. The van der Waals surface area contributed by atoms with Gasteiger partial charge in [0.25, 0.3) is 0 Å². The molecule has 1 amide bonds. The minimum absolute atomic E-state index is 0. The molecule has 4 rings (SSSR count). The lowest BCUT2D eigenvalue weighted by Gasteiger charge is -2.31. The van der Waals surface area contributed by atoms with Gasteiger partial charge in [-0.3, -0.25) is 4.79 Å². The number of rotatable bonds is 3. The van der Waals surface area contributed by atoms with Gasteiger partial charge in [-0.2, -0.15) is 0 Å². The van der Waals surface area contributed by atoms with Crippen LogP contribution in [0, 0.1) is 17.7 Å². The minimum atomic E-state index is -0.214. The Bertz CT molecular complexity index is 613. The van der Waals surface area contributed by atoms with Crippen LogP contribution in [0.4, 0.5) is 4.39 Å². The molecule has 1 N–H and O–H groups in total. The van der Waals surface area contributed by atoms with Gasteiger partial charge in [0.1, 0.15) is 5.82 Å². The lowest BCUT2D eigenvalue weighted by Crippen LogP contribution is -2.40. The highest BCUT2D eigenvalue weighted by Gasteiger charge is 2.38. The predicted octanol–water partition coefficient (Wildman–Crippen LogP) is 4.08. The van der Waals surface area contributed by atoms with Crippen LogP contribution in [0.2, 0.25) is 0 Å². The molecule has 3 aliphatic heterocycles. The van der Waals surface area contributed by atoms with Gasteiger partial charge in [0, 0.05) is 25.0 Å². The zero-order valence-corrected chi connectivity index (χ0v) is 15.6. The van der Waals surface area contributed by atoms with E-state index in [1.54, 1.807) is 12.1 Å². The number of piperidine rings is 1.